The third-order valence-electron chi connectivity index (χ3n) is 2.60. The van der Waals surface area contributed by atoms with Gasteiger partial charge in [0.15, 0.2) is 0 Å². The molecular weight excluding hydrogens is 216 g/mol. The van der Waals surface area contributed by atoms with Crippen molar-refractivity contribution >= 4 is 11.6 Å². The molecule has 2 rings (SSSR count). The van der Waals surface area contributed by atoms with Crippen molar-refractivity contribution in [2.75, 3.05) is 5.32 Å². The van der Waals surface area contributed by atoms with Crippen LogP contribution in [0.5, 0.6) is 0 Å². The molecule has 17 heavy (non-hydrogen) atoms. The second kappa shape index (κ2) is 4.78. The number of hydrogen-bond donors (Lipinski definition) is 1. The van der Waals surface area contributed by atoms with Crippen LogP contribution in [0.4, 0.5) is 5.69 Å². The monoisotopic (exact) mass is 230 g/mol. The number of amides is 1. The lowest BCUT2D eigenvalue weighted by molar-refractivity contribution is -0.115. The van der Waals surface area contributed by atoms with Crippen LogP contribution in [0.25, 0.3) is 0 Å². The van der Waals surface area contributed by atoms with Gasteiger partial charge in [0, 0.05) is 19.4 Å². The van der Waals surface area contributed by atoms with Gasteiger partial charge >= 0.3 is 0 Å². The van der Waals surface area contributed by atoms with Gasteiger partial charge in [-0.3, -0.25) is 14.5 Å². The Bertz CT molecular complexity index is 519. The number of carbonyl (C=O) groups excluding carboxylic acids is 1. The number of nitrogens with zero attached hydrogens (tertiary/aromatic N) is 3. The van der Waals surface area contributed by atoms with Crippen LogP contribution in [0.1, 0.15) is 11.3 Å². The summed E-state index contributed by atoms with van der Waals surface area (Å²) in [6.45, 7) is 1.91. The number of aromatic nitrogens is 3. The minimum Gasteiger partial charge on any atom is -0.323 e. The number of carbonyl (C=O) groups is 1. The molecule has 0 spiro atoms. The average molecular weight is 230 g/mol. The van der Waals surface area contributed by atoms with Crippen LogP contribution in [0, 0.1) is 6.92 Å². The molecule has 0 radical (unpaired) electrons. The molecule has 0 saturated carbocycles. The summed E-state index contributed by atoms with van der Waals surface area (Å²) in [6, 6.07) is 3.70. The first-order valence-electron chi connectivity index (χ1n) is 5.34. The Morgan fingerprint density at radius 3 is 2.88 bits per heavy atom. The molecule has 0 unspecified atom stereocenters. The molecule has 0 aliphatic rings. The average Bonchev–Trinajstić information content (AvgIpc) is 2.62. The number of nitrogens with one attached hydrogen (secondary N) is 1. The van der Waals surface area contributed by atoms with Crippen molar-refractivity contribution in [2.24, 2.45) is 7.05 Å². The smallest absolute Gasteiger partial charge is 0.228 e. The second-order valence-electron chi connectivity index (χ2n) is 3.85. The van der Waals surface area contributed by atoms with Gasteiger partial charge in [0.2, 0.25) is 5.91 Å². The van der Waals surface area contributed by atoms with Crippen molar-refractivity contribution in [1.29, 1.82) is 0 Å². The zero-order valence-electron chi connectivity index (χ0n) is 9.84. The molecule has 2 aromatic heterocycles. The molecule has 0 fully saturated rings. The molecule has 1 N–H and O–H groups in total. The van der Waals surface area contributed by atoms with Crippen LogP contribution in [0.3, 0.4) is 0 Å². The first kappa shape index (κ1) is 11.3. The van der Waals surface area contributed by atoms with Crippen molar-refractivity contribution in [3.05, 3.63) is 42.0 Å². The minimum atomic E-state index is -0.0610. The highest BCUT2D eigenvalue weighted by Crippen LogP contribution is 2.12. The van der Waals surface area contributed by atoms with E-state index < -0.39 is 0 Å². The fraction of sp³-hybridized carbons (Fsp3) is 0.250. The van der Waals surface area contributed by atoms with Crippen LogP contribution in [-0.4, -0.2) is 20.7 Å². The number of anilines is 1. The molecule has 0 atom stereocenters. The topological polar surface area (TPSA) is 59.8 Å². The van der Waals surface area contributed by atoms with Crippen LogP contribution in [-0.2, 0) is 18.3 Å². The van der Waals surface area contributed by atoms with Gasteiger partial charge < -0.3 is 5.32 Å². The fourth-order valence-electron chi connectivity index (χ4n) is 1.50. The number of aryl methyl sites for hydroxylation is 1. The normalized spacial score (nSPS) is 10.2. The summed E-state index contributed by atoms with van der Waals surface area (Å²) in [5.74, 6) is -0.0610. The van der Waals surface area contributed by atoms with E-state index >= 15 is 0 Å². The van der Waals surface area contributed by atoms with E-state index in [1.807, 2.05) is 26.1 Å². The van der Waals surface area contributed by atoms with Crippen LogP contribution < -0.4 is 5.32 Å². The molecule has 2 aromatic rings. The summed E-state index contributed by atoms with van der Waals surface area (Å²) in [6.07, 6.45) is 5.35. The lowest BCUT2D eigenvalue weighted by Crippen LogP contribution is -2.14. The molecule has 0 aromatic carbocycles. The van der Waals surface area contributed by atoms with E-state index in [1.54, 1.807) is 23.3 Å². The molecule has 1 amide bonds. The predicted octanol–water partition coefficient (Wildman–Crippen LogP) is 1.30. The Hall–Kier alpha value is -2.17. The Balaban J connectivity index is 2.01. The SMILES string of the molecule is Cc1c(NC(=O)Cc2cccnc2)cnn1C. The highest BCUT2D eigenvalue weighted by atomic mass is 16.1. The zero-order chi connectivity index (χ0) is 12.3. The van der Waals surface area contributed by atoms with E-state index in [0.29, 0.717) is 6.42 Å². The van der Waals surface area contributed by atoms with Gasteiger partial charge in [-0.2, -0.15) is 5.10 Å². The van der Waals surface area contributed by atoms with Crippen LogP contribution in [0.2, 0.25) is 0 Å². The molecule has 5 nitrogen and oxygen atoms in total. The van der Waals surface area contributed by atoms with E-state index in [4.69, 9.17) is 0 Å². The quantitative estimate of drug-likeness (QED) is 0.864. The standard InChI is InChI=1S/C12H14N4O/c1-9-11(8-14-16(9)2)15-12(17)6-10-4-3-5-13-7-10/h3-5,7-8H,6H2,1-2H3,(H,15,17). The number of rotatable bonds is 3. The first-order chi connectivity index (χ1) is 8.16. The second-order valence-corrected chi connectivity index (χ2v) is 3.85. The highest BCUT2D eigenvalue weighted by Gasteiger charge is 2.08. The van der Waals surface area contributed by atoms with Gasteiger partial charge in [0.1, 0.15) is 0 Å². The van der Waals surface area contributed by atoms with Gasteiger partial charge in [-0.05, 0) is 18.6 Å². The third-order valence-corrected chi connectivity index (χ3v) is 2.60. The first-order valence-corrected chi connectivity index (χ1v) is 5.34. The van der Waals surface area contributed by atoms with E-state index in [-0.39, 0.29) is 5.91 Å². The summed E-state index contributed by atoms with van der Waals surface area (Å²) < 4.78 is 1.72. The van der Waals surface area contributed by atoms with Crippen LogP contribution in [0.15, 0.2) is 30.7 Å². The summed E-state index contributed by atoms with van der Waals surface area (Å²) >= 11 is 0. The fourth-order valence-corrected chi connectivity index (χ4v) is 1.50. The van der Waals surface area contributed by atoms with Gasteiger partial charge in [-0.25, -0.2) is 0 Å². The van der Waals surface area contributed by atoms with E-state index in [1.165, 1.54) is 0 Å². The van der Waals surface area contributed by atoms with Crippen molar-refractivity contribution in [3.63, 3.8) is 0 Å². The maximum absolute atomic E-state index is 11.8. The van der Waals surface area contributed by atoms with Gasteiger partial charge in [0.05, 0.1) is 24.0 Å². The lowest BCUT2D eigenvalue weighted by atomic mass is 10.2. The zero-order valence-corrected chi connectivity index (χ0v) is 9.84. The van der Waals surface area contributed by atoms with E-state index in [2.05, 4.69) is 15.4 Å². The van der Waals surface area contributed by atoms with Gasteiger partial charge in [-0.15, -0.1) is 0 Å². The summed E-state index contributed by atoms with van der Waals surface area (Å²) in [7, 11) is 1.84. The Kier molecular flexibility index (Phi) is 3.18. The number of hydrogen-bond acceptors (Lipinski definition) is 3. The van der Waals surface area contributed by atoms with Crippen molar-refractivity contribution in [2.45, 2.75) is 13.3 Å². The molecule has 0 bridgehead atoms. The Morgan fingerprint density at radius 1 is 1.47 bits per heavy atom. The van der Waals surface area contributed by atoms with E-state index in [0.717, 1.165) is 16.9 Å². The summed E-state index contributed by atoms with van der Waals surface area (Å²) in [5.41, 5.74) is 2.58. The molecule has 88 valence electrons. The number of pyridine rings is 1. The summed E-state index contributed by atoms with van der Waals surface area (Å²) in [5, 5.41) is 6.90. The maximum Gasteiger partial charge on any atom is 0.228 e. The lowest BCUT2D eigenvalue weighted by Gasteiger charge is -2.04. The van der Waals surface area contributed by atoms with Crippen molar-refractivity contribution in [3.8, 4) is 0 Å². The maximum atomic E-state index is 11.8. The molecule has 0 aliphatic heterocycles. The summed E-state index contributed by atoms with van der Waals surface area (Å²) in [4.78, 5) is 15.7. The Labute approximate surface area is 99.5 Å². The molecule has 0 saturated heterocycles. The minimum absolute atomic E-state index is 0.0610. The van der Waals surface area contributed by atoms with Crippen molar-refractivity contribution < 1.29 is 4.79 Å². The highest BCUT2D eigenvalue weighted by molar-refractivity contribution is 5.92. The van der Waals surface area contributed by atoms with E-state index in [9.17, 15) is 4.79 Å². The molecule has 5 heteroatoms. The van der Waals surface area contributed by atoms with Crippen LogP contribution >= 0.6 is 0 Å². The van der Waals surface area contributed by atoms with Gasteiger partial charge in [0.25, 0.3) is 0 Å². The third kappa shape index (κ3) is 2.69. The molecule has 2 heterocycles. The molecule has 0 aliphatic carbocycles. The molecular formula is C12H14N4O. The Morgan fingerprint density at radius 2 is 2.29 bits per heavy atom. The van der Waals surface area contributed by atoms with Gasteiger partial charge in [-0.1, -0.05) is 6.07 Å². The largest absolute Gasteiger partial charge is 0.323 e. The van der Waals surface area contributed by atoms with Crippen molar-refractivity contribution in [1.82, 2.24) is 14.8 Å². The predicted molar refractivity (Wildman–Crippen MR) is 64.5 cm³/mol.